The maximum atomic E-state index is 12.3. The fourth-order valence-electron chi connectivity index (χ4n) is 6.38. The standard InChI is InChI=1S/C42H45Cl2N2O2P/c1-26-19-27(2)38(28(3)20-26)45-25-29-15-13-14-18-35(29)46-49(32-16-11-10-12-17-32,36-23-30(43)21-33(39(36)47)41(4,5)6)37-24-31(44)22-34(40(37)48)42(7,8)9/h10-25,47-48H,1-9H3. The van der Waals surface area contributed by atoms with Crippen LogP contribution in [-0.4, -0.2) is 16.4 Å². The number of aryl methyl sites for hydroxylation is 3. The molecule has 5 aromatic carbocycles. The molecule has 0 radical (unpaired) electrons. The van der Waals surface area contributed by atoms with E-state index in [4.69, 9.17) is 32.9 Å². The van der Waals surface area contributed by atoms with Crippen molar-refractivity contribution in [1.29, 1.82) is 0 Å². The minimum Gasteiger partial charge on any atom is -0.507 e. The molecule has 0 bridgehead atoms. The van der Waals surface area contributed by atoms with Gasteiger partial charge in [-0.15, -0.1) is 0 Å². The first-order valence-electron chi connectivity index (χ1n) is 16.4. The Hall–Kier alpha value is -3.82. The van der Waals surface area contributed by atoms with E-state index in [1.54, 1.807) is 12.1 Å². The maximum Gasteiger partial charge on any atom is 0.129 e. The highest BCUT2D eigenvalue weighted by Crippen LogP contribution is 2.56. The lowest BCUT2D eigenvalue weighted by Gasteiger charge is -2.33. The van der Waals surface area contributed by atoms with Crippen molar-refractivity contribution in [2.45, 2.75) is 73.1 Å². The Morgan fingerprint density at radius 3 is 1.59 bits per heavy atom. The van der Waals surface area contributed by atoms with Crippen LogP contribution in [0, 0.1) is 20.8 Å². The van der Waals surface area contributed by atoms with Crippen LogP contribution in [0.4, 0.5) is 11.4 Å². The molecular formula is C42H45Cl2N2O2P. The van der Waals surface area contributed by atoms with Gasteiger partial charge in [0.1, 0.15) is 11.5 Å². The molecule has 0 atom stereocenters. The highest BCUT2D eigenvalue weighted by Gasteiger charge is 2.37. The lowest BCUT2D eigenvalue weighted by atomic mass is 9.86. The zero-order valence-corrected chi connectivity index (χ0v) is 32.1. The van der Waals surface area contributed by atoms with E-state index in [-0.39, 0.29) is 11.5 Å². The molecule has 0 saturated heterocycles. The van der Waals surface area contributed by atoms with E-state index in [2.05, 4.69) is 32.9 Å². The van der Waals surface area contributed by atoms with Crippen LogP contribution in [0.5, 0.6) is 11.5 Å². The third kappa shape index (κ3) is 7.38. The van der Waals surface area contributed by atoms with Crippen molar-refractivity contribution in [3.8, 4) is 11.5 Å². The monoisotopic (exact) mass is 710 g/mol. The Balaban J connectivity index is 2.00. The van der Waals surface area contributed by atoms with Crippen LogP contribution in [0.15, 0.2) is 101 Å². The highest BCUT2D eigenvalue weighted by molar-refractivity contribution is 7.87. The third-order valence-corrected chi connectivity index (χ3v) is 12.8. The molecular weight excluding hydrogens is 666 g/mol. The Morgan fingerprint density at radius 2 is 1.10 bits per heavy atom. The number of benzene rings is 5. The normalized spacial score (nSPS) is 12.5. The van der Waals surface area contributed by atoms with Gasteiger partial charge in [-0.1, -0.05) is 131 Å². The van der Waals surface area contributed by atoms with Crippen molar-refractivity contribution in [3.63, 3.8) is 0 Å². The molecule has 5 rings (SSSR count). The van der Waals surface area contributed by atoms with Crippen LogP contribution < -0.4 is 15.9 Å². The Bertz CT molecular complexity index is 2030. The zero-order valence-electron chi connectivity index (χ0n) is 29.7. The van der Waals surface area contributed by atoms with Crippen LogP contribution in [0.3, 0.4) is 0 Å². The molecule has 0 aliphatic rings. The largest absolute Gasteiger partial charge is 0.507 e. The molecule has 0 unspecified atom stereocenters. The van der Waals surface area contributed by atoms with Gasteiger partial charge in [-0.25, -0.2) is 0 Å². The maximum absolute atomic E-state index is 12.3. The summed E-state index contributed by atoms with van der Waals surface area (Å²) in [5, 5.41) is 27.5. The van der Waals surface area contributed by atoms with Crippen molar-refractivity contribution < 1.29 is 10.2 Å². The summed E-state index contributed by atoms with van der Waals surface area (Å²) >= 11 is 13.9. The first-order valence-corrected chi connectivity index (χ1v) is 18.9. The molecule has 0 spiro atoms. The number of aliphatic imine (C=N–C) groups is 1. The summed E-state index contributed by atoms with van der Waals surface area (Å²) in [4.78, 5) is 4.97. The number of phenolic OH excluding ortho intramolecular Hbond substituents is 2. The van der Waals surface area contributed by atoms with Gasteiger partial charge in [0.25, 0.3) is 0 Å². The summed E-state index contributed by atoms with van der Waals surface area (Å²) < 4.78 is 5.70. The van der Waals surface area contributed by atoms with Crippen molar-refractivity contribution in [2.24, 2.45) is 9.74 Å². The fourth-order valence-corrected chi connectivity index (χ4v) is 10.7. The summed E-state index contributed by atoms with van der Waals surface area (Å²) in [6, 6.07) is 29.2. The lowest BCUT2D eigenvalue weighted by Crippen LogP contribution is -2.29. The molecule has 0 fully saturated rings. The van der Waals surface area contributed by atoms with Crippen LogP contribution in [0.1, 0.15) is 74.9 Å². The quantitative estimate of drug-likeness (QED) is 0.136. The average Bonchev–Trinajstić information content (AvgIpc) is 3.01. The van der Waals surface area contributed by atoms with E-state index in [0.717, 1.165) is 27.7 Å². The van der Waals surface area contributed by atoms with E-state index in [9.17, 15) is 10.2 Å². The molecule has 4 nitrogen and oxygen atoms in total. The number of halogens is 2. The molecule has 0 saturated carbocycles. The number of hydrogen-bond donors (Lipinski definition) is 2. The van der Waals surface area contributed by atoms with Gasteiger partial charge in [0.15, 0.2) is 0 Å². The van der Waals surface area contributed by atoms with Gasteiger partial charge in [0, 0.05) is 48.9 Å². The Labute approximate surface area is 301 Å². The Kier molecular flexibility index (Phi) is 10.3. The highest BCUT2D eigenvalue weighted by atomic mass is 35.5. The minimum absolute atomic E-state index is 0.0894. The Morgan fingerprint density at radius 1 is 0.633 bits per heavy atom. The van der Waals surface area contributed by atoms with Gasteiger partial charge in [0.05, 0.1) is 18.4 Å². The number of aromatic hydroxyl groups is 2. The first-order chi connectivity index (χ1) is 22.9. The van der Waals surface area contributed by atoms with Crippen LogP contribution in [0.2, 0.25) is 10.0 Å². The number of phenols is 2. The van der Waals surface area contributed by atoms with Crippen molar-refractivity contribution in [3.05, 3.63) is 134 Å². The molecule has 0 aromatic heterocycles. The molecule has 49 heavy (non-hydrogen) atoms. The van der Waals surface area contributed by atoms with Crippen LogP contribution in [0.25, 0.3) is 0 Å². The second-order valence-electron chi connectivity index (χ2n) is 14.8. The van der Waals surface area contributed by atoms with E-state index in [1.165, 1.54) is 5.56 Å². The van der Waals surface area contributed by atoms with Crippen molar-refractivity contribution in [1.82, 2.24) is 0 Å². The SMILES string of the molecule is Cc1cc(C)c(N=Cc2ccccc2N=P(c2ccccc2)(c2cc(Cl)cc(C(C)(C)C)c2O)c2cc(Cl)cc(C(C)(C)C)c2O)c(C)c1. The fraction of sp³-hybridized carbons (Fsp3) is 0.262. The van der Waals surface area contributed by atoms with Crippen molar-refractivity contribution in [2.75, 3.05) is 0 Å². The summed E-state index contributed by atoms with van der Waals surface area (Å²) in [6.07, 6.45) is 1.85. The van der Waals surface area contributed by atoms with Gasteiger partial charge < -0.3 is 10.2 Å². The molecule has 0 aliphatic carbocycles. The van der Waals surface area contributed by atoms with Crippen LogP contribution >= 0.6 is 30.3 Å². The summed E-state index contributed by atoms with van der Waals surface area (Å²) in [6.45, 7) is 18.5. The van der Waals surface area contributed by atoms with Crippen molar-refractivity contribution >= 4 is 63.8 Å². The number of hydrogen-bond acceptors (Lipinski definition) is 4. The summed E-state index contributed by atoms with van der Waals surface area (Å²) in [7, 11) is -3.35. The molecule has 254 valence electrons. The van der Waals surface area contributed by atoms with Crippen LogP contribution in [-0.2, 0) is 10.8 Å². The van der Waals surface area contributed by atoms with E-state index in [1.807, 2.05) is 114 Å². The van der Waals surface area contributed by atoms with E-state index < -0.39 is 17.9 Å². The second kappa shape index (κ2) is 13.8. The number of rotatable bonds is 6. The van der Waals surface area contributed by atoms with Gasteiger partial charge in [-0.3, -0.25) is 9.74 Å². The molecule has 0 aliphatic heterocycles. The molecule has 0 amide bonds. The predicted molar refractivity (Wildman–Crippen MR) is 212 cm³/mol. The van der Waals surface area contributed by atoms with E-state index in [0.29, 0.717) is 37.5 Å². The van der Waals surface area contributed by atoms with Gasteiger partial charge in [-0.2, -0.15) is 0 Å². The number of nitrogens with zero attached hydrogens (tertiary/aromatic N) is 2. The first kappa shape index (κ1) is 36.5. The summed E-state index contributed by atoms with van der Waals surface area (Å²) in [5.74, 6) is 0.179. The minimum atomic E-state index is -3.35. The summed E-state index contributed by atoms with van der Waals surface area (Å²) in [5.41, 5.74) is 6.19. The molecule has 7 heteroatoms. The van der Waals surface area contributed by atoms with Gasteiger partial charge in [0.2, 0.25) is 0 Å². The molecule has 2 N–H and O–H groups in total. The third-order valence-electron chi connectivity index (χ3n) is 8.71. The van der Waals surface area contributed by atoms with Gasteiger partial charge in [-0.05, 0) is 73.1 Å². The average molecular weight is 712 g/mol. The second-order valence-corrected chi connectivity index (χ2v) is 18.6. The molecule has 5 aromatic rings. The lowest BCUT2D eigenvalue weighted by molar-refractivity contribution is 0.450. The molecule has 0 heterocycles. The predicted octanol–water partition coefficient (Wildman–Crippen LogP) is 11.5. The van der Waals surface area contributed by atoms with E-state index >= 15 is 0 Å². The topological polar surface area (TPSA) is 65.2 Å². The zero-order chi connectivity index (χ0) is 35.9. The smallest absolute Gasteiger partial charge is 0.129 e. The van der Waals surface area contributed by atoms with Gasteiger partial charge >= 0.3 is 0 Å².